The van der Waals surface area contributed by atoms with Crippen LogP contribution >= 0.6 is 24.8 Å². The van der Waals surface area contributed by atoms with Gasteiger partial charge in [-0.1, -0.05) is 18.2 Å². The first kappa shape index (κ1) is 18.2. The lowest BCUT2D eigenvalue weighted by atomic mass is 10.1. The first-order valence-corrected chi connectivity index (χ1v) is 5.89. The molecule has 4 nitrogen and oxygen atoms in total. The molecule has 0 bridgehead atoms. The van der Waals surface area contributed by atoms with E-state index in [4.69, 9.17) is 5.11 Å². The van der Waals surface area contributed by atoms with E-state index in [1.54, 1.807) is 12.1 Å². The van der Waals surface area contributed by atoms with Gasteiger partial charge in [0.05, 0.1) is 5.56 Å². The molecule has 1 aliphatic heterocycles. The van der Waals surface area contributed by atoms with Gasteiger partial charge in [-0.2, -0.15) is 0 Å². The van der Waals surface area contributed by atoms with Crippen molar-refractivity contribution >= 4 is 30.8 Å². The molecule has 0 aliphatic carbocycles. The zero-order chi connectivity index (χ0) is 12.3. The van der Waals surface area contributed by atoms with Gasteiger partial charge in [-0.3, -0.25) is 4.90 Å². The zero-order valence-electron chi connectivity index (χ0n) is 10.9. The Morgan fingerprint density at radius 1 is 1.16 bits per heavy atom. The number of piperazine rings is 1. The molecule has 108 valence electrons. The summed E-state index contributed by atoms with van der Waals surface area (Å²) in [5, 5.41) is 9.11. The number of likely N-dealkylation sites (N-methyl/N-ethyl adjacent to an activating group) is 1. The van der Waals surface area contributed by atoms with Gasteiger partial charge in [-0.05, 0) is 18.7 Å². The molecule has 1 saturated heterocycles. The topological polar surface area (TPSA) is 43.8 Å². The van der Waals surface area contributed by atoms with Crippen molar-refractivity contribution in [3.05, 3.63) is 35.4 Å². The van der Waals surface area contributed by atoms with Gasteiger partial charge >= 0.3 is 5.97 Å². The molecule has 1 fully saturated rings. The summed E-state index contributed by atoms with van der Waals surface area (Å²) < 4.78 is 0. The van der Waals surface area contributed by atoms with Crippen LogP contribution in [0.1, 0.15) is 15.9 Å². The summed E-state index contributed by atoms with van der Waals surface area (Å²) in [5.74, 6) is -0.838. The molecule has 1 N–H and O–H groups in total. The largest absolute Gasteiger partial charge is 0.478 e. The van der Waals surface area contributed by atoms with Crippen LogP contribution in [0.5, 0.6) is 0 Å². The first-order valence-electron chi connectivity index (χ1n) is 5.89. The van der Waals surface area contributed by atoms with Gasteiger partial charge < -0.3 is 10.0 Å². The lowest BCUT2D eigenvalue weighted by Gasteiger charge is -2.32. The van der Waals surface area contributed by atoms with Crippen LogP contribution in [0.25, 0.3) is 0 Å². The predicted molar refractivity (Wildman–Crippen MR) is 80.7 cm³/mol. The minimum atomic E-state index is -0.838. The lowest BCUT2D eigenvalue weighted by Crippen LogP contribution is -2.44. The highest BCUT2D eigenvalue weighted by molar-refractivity contribution is 5.89. The van der Waals surface area contributed by atoms with Crippen LogP contribution in [-0.4, -0.2) is 54.1 Å². The van der Waals surface area contributed by atoms with Crippen LogP contribution in [0.4, 0.5) is 0 Å². The Kier molecular flexibility index (Phi) is 8.02. The van der Waals surface area contributed by atoms with Crippen molar-refractivity contribution < 1.29 is 9.90 Å². The maximum absolute atomic E-state index is 11.1. The van der Waals surface area contributed by atoms with Crippen molar-refractivity contribution in [2.45, 2.75) is 6.54 Å². The Balaban J connectivity index is 0.00000162. The number of carboxylic acid groups (broad SMARTS) is 1. The number of aromatic carboxylic acids is 1. The van der Waals surface area contributed by atoms with E-state index in [0.29, 0.717) is 5.56 Å². The van der Waals surface area contributed by atoms with E-state index in [-0.39, 0.29) is 24.8 Å². The van der Waals surface area contributed by atoms with E-state index in [1.807, 2.05) is 12.1 Å². The third kappa shape index (κ3) is 4.99. The number of nitrogens with zero attached hydrogens (tertiary/aromatic N) is 2. The van der Waals surface area contributed by atoms with Crippen LogP contribution < -0.4 is 0 Å². The molecular formula is C13H20Cl2N2O2. The smallest absolute Gasteiger partial charge is 0.336 e. The number of hydrogen-bond donors (Lipinski definition) is 1. The van der Waals surface area contributed by atoms with Crippen LogP contribution in [-0.2, 0) is 6.54 Å². The van der Waals surface area contributed by atoms with Gasteiger partial charge in [-0.25, -0.2) is 4.79 Å². The summed E-state index contributed by atoms with van der Waals surface area (Å²) in [7, 11) is 2.11. The molecule has 1 aliphatic rings. The molecule has 0 aromatic heterocycles. The summed E-state index contributed by atoms with van der Waals surface area (Å²) in [5.41, 5.74) is 1.33. The van der Waals surface area contributed by atoms with E-state index in [1.165, 1.54) is 0 Å². The van der Waals surface area contributed by atoms with E-state index in [9.17, 15) is 4.79 Å². The van der Waals surface area contributed by atoms with Crippen LogP contribution in [0.2, 0.25) is 0 Å². The second kappa shape index (κ2) is 8.38. The van der Waals surface area contributed by atoms with Crippen molar-refractivity contribution in [3.8, 4) is 0 Å². The van der Waals surface area contributed by atoms with Gasteiger partial charge in [0.15, 0.2) is 0 Å². The second-order valence-corrected chi connectivity index (χ2v) is 4.54. The second-order valence-electron chi connectivity index (χ2n) is 4.54. The van der Waals surface area contributed by atoms with E-state index < -0.39 is 5.97 Å². The summed E-state index contributed by atoms with van der Waals surface area (Å²) >= 11 is 0. The number of benzene rings is 1. The van der Waals surface area contributed by atoms with Crippen molar-refractivity contribution in [3.63, 3.8) is 0 Å². The highest BCUT2D eigenvalue weighted by Gasteiger charge is 2.16. The predicted octanol–water partition coefficient (Wildman–Crippen LogP) is 1.98. The summed E-state index contributed by atoms with van der Waals surface area (Å²) in [6.07, 6.45) is 0. The van der Waals surface area contributed by atoms with Crippen molar-refractivity contribution in [1.82, 2.24) is 9.80 Å². The Labute approximate surface area is 126 Å². The van der Waals surface area contributed by atoms with Crippen molar-refractivity contribution in [1.29, 1.82) is 0 Å². The standard InChI is InChI=1S/C13H18N2O2.2ClH/c1-14-6-8-15(9-7-14)10-11-4-2-3-5-12(11)13(16)17;;/h2-5H,6-10H2,1H3,(H,16,17);2*1H. The normalized spacial score (nSPS) is 16.3. The monoisotopic (exact) mass is 306 g/mol. The van der Waals surface area contributed by atoms with Crippen molar-refractivity contribution in [2.24, 2.45) is 0 Å². The quantitative estimate of drug-likeness (QED) is 0.927. The third-order valence-corrected chi connectivity index (χ3v) is 3.24. The van der Waals surface area contributed by atoms with E-state index >= 15 is 0 Å². The molecule has 0 amide bonds. The van der Waals surface area contributed by atoms with Crippen molar-refractivity contribution in [2.75, 3.05) is 33.2 Å². The molecule has 1 heterocycles. The van der Waals surface area contributed by atoms with Gasteiger partial charge in [0, 0.05) is 32.7 Å². The average Bonchev–Trinajstić information content (AvgIpc) is 2.32. The van der Waals surface area contributed by atoms with E-state index in [2.05, 4.69) is 16.8 Å². The highest BCUT2D eigenvalue weighted by Crippen LogP contribution is 2.13. The highest BCUT2D eigenvalue weighted by atomic mass is 35.5. The number of rotatable bonds is 3. The Morgan fingerprint density at radius 3 is 2.32 bits per heavy atom. The molecule has 19 heavy (non-hydrogen) atoms. The molecule has 0 unspecified atom stereocenters. The van der Waals surface area contributed by atoms with E-state index in [0.717, 1.165) is 38.3 Å². The number of carbonyl (C=O) groups is 1. The minimum absolute atomic E-state index is 0. The average molecular weight is 307 g/mol. The number of carboxylic acids is 1. The maximum Gasteiger partial charge on any atom is 0.336 e. The first-order chi connectivity index (χ1) is 8.16. The molecule has 6 heteroatoms. The minimum Gasteiger partial charge on any atom is -0.478 e. The third-order valence-electron chi connectivity index (χ3n) is 3.24. The van der Waals surface area contributed by atoms with Gasteiger partial charge in [0.1, 0.15) is 0 Å². The molecule has 0 spiro atoms. The fraction of sp³-hybridized carbons (Fsp3) is 0.462. The molecule has 1 aromatic rings. The lowest BCUT2D eigenvalue weighted by molar-refractivity contribution is 0.0693. The molecular weight excluding hydrogens is 287 g/mol. The molecule has 0 radical (unpaired) electrons. The van der Waals surface area contributed by atoms with Crippen LogP contribution in [0.3, 0.4) is 0 Å². The van der Waals surface area contributed by atoms with Crippen LogP contribution in [0.15, 0.2) is 24.3 Å². The summed E-state index contributed by atoms with van der Waals surface area (Å²) in [6.45, 7) is 4.84. The molecule has 0 saturated carbocycles. The number of hydrogen-bond acceptors (Lipinski definition) is 3. The van der Waals surface area contributed by atoms with Crippen LogP contribution in [0, 0.1) is 0 Å². The fourth-order valence-corrected chi connectivity index (χ4v) is 2.11. The number of halogens is 2. The Bertz CT molecular complexity index is 407. The Hall–Kier alpha value is -0.810. The molecule has 1 aromatic carbocycles. The van der Waals surface area contributed by atoms with Gasteiger partial charge in [0.25, 0.3) is 0 Å². The zero-order valence-corrected chi connectivity index (χ0v) is 12.5. The Morgan fingerprint density at radius 2 is 1.74 bits per heavy atom. The molecule has 2 rings (SSSR count). The summed E-state index contributed by atoms with van der Waals surface area (Å²) in [6, 6.07) is 7.25. The fourth-order valence-electron chi connectivity index (χ4n) is 2.11. The van der Waals surface area contributed by atoms with Gasteiger partial charge in [-0.15, -0.1) is 24.8 Å². The molecule has 0 atom stereocenters. The SMILES string of the molecule is CN1CCN(Cc2ccccc2C(=O)O)CC1.Cl.Cl. The van der Waals surface area contributed by atoms with Gasteiger partial charge in [0.2, 0.25) is 0 Å². The maximum atomic E-state index is 11.1. The summed E-state index contributed by atoms with van der Waals surface area (Å²) in [4.78, 5) is 15.7.